The van der Waals surface area contributed by atoms with Crippen molar-refractivity contribution >= 4 is 63.8 Å². The molecule has 222 valence electrons. The van der Waals surface area contributed by atoms with E-state index in [0.717, 1.165) is 28.2 Å². The Balaban J connectivity index is 1.48. The Labute approximate surface area is 249 Å². The number of anilines is 1. The standard InChI is InChI=1S/C27H29N5O8S2/c1-14-16(7-5-9-19(14)37-3)8-6-10-39-26(36)22-17(11-40-15(2)33)12-41-25-21(24(35)32(22)25)30-23(34)20(31-38-4)18-13-42-27(28)29-18/h5-9,13,21,25H,10-12H2,1-4H3,(H2,28,29)(H,30,34)/t21?,25-/m1/s1. The molecule has 3 N–H and O–H groups in total. The van der Waals surface area contributed by atoms with Crippen molar-refractivity contribution in [3.8, 4) is 5.75 Å². The van der Waals surface area contributed by atoms with Gasteiger partial charge >= 0.3 is 11.9 Å². The normalized spacial score (nSPS) is 18.3. The Bertz CT molecular complexity index is 1480. The molecule has 2 amide bonds. The summed E-state index contributed by atoms with van der Waals surface area (Å²) in [4.78, 5) is 61.1. The van der Waals surface area contributed by atoms with Crippen LogP contribution in [0.15, 0.2) is 46.1 Å². The number of nitrogen functional groups attached to an aromatic ring is 1. The molecule has 0 spiro atoms. The van der Waals surface area contributed by atoms with Gasteiger partial charge in [0, 0.05) is 23.6 Å². The van der Waals surface area contributed by atoms with E-state index in [1.54, 1.807) is 24.6 Å². The molecule has 1 aromatic carbocycles. The summed E-state index contributed by atoms with van der Waals surface area (Å²) < 4.78 is 15.9. The first kappa shape index (κ1) is 30.6. The second-order valence-electron chi connectivity index (χ2n) is 8.96. The zero-order chi connectivity index (χ0) is 30.4. The Kier molecular flexibility index (Phi) is 9.85. The fraction of sp³-hybridized carbons (Fsp3) is 0.333. The van der Waals surface area contributed by atoms with Gasteiger partial charge in [0.1, 0.15) is 48.9 Å². The van der Waals surface area contributed by atoms with Gasteiger partial charge in [-0.1, -0.05) is 23.4 Å². The van der Waals surface area contributed by atoms with Gasteiger partial charge < -0.3 is 30.1 Å². The number of carbonyl (C=O) groups excluding carboxylic acids is 4. The molecule has 2 atom stereocenters. The molecule has 0 saturated carbocycles. The van der Waals surface area contributed by atoms with E-state index in [2.05, 4.69) is 15.5 Å². The van der Waals surface area contributed by atoms with Crippen LogP contribution in [0, 0.1) is 6.92 Å². The van der Waals surface area contributed by atoms with Crippen LogP contribution in [0.5, 0.6) is 5.75 Å². The molecule has 3 heterocycles. The average Bonchev–Trinajstić information content (AvgIpc) is 3.41. The summed E-state index contributed by atoms with van der Waals surface area (Å²) in [7, 11) is 2.86. The highest BCUT2D eigenvalue weighted by atomic mass is 32.2. The molecule has 15 heteroatoms. The third-order valence-electron chi connectivity index (χ3n) is 6.29. The van der Waals surface area contributed by atoms with Crippen LogP contribution in [0.1, 0.15) is 23.7 Å². The monoisotopic (exact) mass is 615 g/mol. The summed E-state index contributed by atoms with van der Waals surface area (Å²) >= 11 is 2.43. The number of fused-ring (bicyclic) bond motifs is 1. The molecule has 1 aromatic heterocycles. The molecule has 0 bridgehead atoms. The van der Waals surface area contributed by atoms with Gasteiger partial charge in [-0.2, -0.15) is 0 Å². The zero-order valence-corrected chi connectivity index (χ0v) is 24.9. The number of aromatic nitrogens is 1. The number of thioether (sulfide) groups is 1. The molecule has 13 nitrogen and oxygen atoms in total. The summed E-state index contributed by atoms with van der Waals surface area (Å²) in [6.45, 7) is 2.90. The second kappa shape index (κ2) is 13.5. The lowest BCUT2D eigenvalue weighted by molar-refractivity contribution is -0.152. The minimum Gasteiger partial charge on any atom is -0.496 e. The minimum atomic E-state index is -0.963. The van der Waals surface area contributed by atoms with Crippen molar-refractivity contribution in [2.45, 2.75) is 25.3 Å². The molecule has 42 heavy (non-hydrogen) atoms. The number of nitrogens with two attached hydrogens (primary N) is 1. The topological polar surface area (TPSA) is 172 Å². The maximum Gasteiger partial charge on any atom is 0.355 e. The first-order valence-electron chi connectivity index (χ1n) is 12.6. The number of esters is 2. The Morgan fingerprint density at radius 1 is 1.26 bits per heavy atom. The smallest absolute Gasteiger partial charge is 0.355 e. The second-order valence-corrected chi connectivity index (χ2v) is 11.0. The van der Waals surface area contributed by atoms with Crippen molar-refractivity contribution in [3.63, 3.8) is 0 Å². The number of oxime groups is 1. The predicted octanol–water partition coefficient (Wildman–Crippen LogP) is 1.87. The van der Waals surface area contributed by atoms with Crippen LogP contribution in [0.25, 0.3) is 6.08 Å². The third kappa shape index (κ3) is 6.57. The number of hydrogen-bond acceptors (Lipinski definition) is 13. The number of carbonyl (C=O) groups is 4. The van der Waals surface area contributed by atoms with Crippen molar-refractivity contribution in [3.05, 3.63) is 57.7 Å². The van der Waals surface area contributed by atoms with Gasteiger partial charge in [-0.3, -0.25) is 19.3 Å². The molecule has 4 rings (SSSR count). The van der Waals surface area contributed by atoms with E-state index in [0.29, 0.717) is 5.57 Å². The fourth-order valence-electron chi connectivity index (χ4n) is 4.27. The van der Waals surface area contributed by atoms with E-state index in [4.69, 9.17) is 24.8 Å². The number of thiazole rings is 1. The van der Waals surface area contributed by atoms with E-state index in [1.165, 1.54) is 30.7 Å². The largest absolute Gasteiger partial charge is 0.496 e. The van der Waals surface area contributed by atoms with Gasteiger partial charge in [-0.15, -0.1) is 23.1 Å². The predicted molar refractivity (Wildman–Crippen MR) is 156 cm³/mol. The van der Waals surface area contributed by atoms with Crippen LogP contribution in [-0.4, -0.2) is 84.0 Å². The first-order chi connectivity index (χ1) is 20.2. The van der Waals surface area contributed by atoms with Crippen LogP contribution >= 0.6 is 23.1 Å². The number of ether oxygens (including phenoxy) is 3. The molecule has 2 aromatic rings. The van der Waals surface area contributed by atoms with E-state index in [1.807, 2.05) is 25.1 Å². The molecule has 0 aliphatic carbocycles. The maximum atomic E-state index is 13.3. The van der Waals surface area contributed by atoms with E-state index >= 15 is 0 Å². The maximum absolute atomic E-state index is 13.3. The molecule has 2 aliphatic heterocycles. The van der Waals surface area contributed by atoms with Crippen molar-refractivity contribution in [2.75, 3.05) is 38.9 Å². The summed E-state index contributed by atoms with van der Waals surface area (Å²) in [6, 6.07) is 4.64. The van der Waals surface area contributed by atoms with Gasteiger partial charge in [-0.05, 0) is 30.2 Å². The number of rotatable bonds is 11. The van der Waals surface area contributed by atoms with Crippen molar-refractivity contribution in [2.24, 2.45) is 5.16 Å². The van der Waals surface area contributed by atoms with Crippen molar-refractivity contribution < 1.29 is 38.2 Å². The van der Waals surface area contributed by atoms with Crippen LogP contribution < -0.4 is 15.8 Å². The van der Waals surface area contributed by atoms with E-state index in [9.17, 15) is 19.2 Å². The first-order valence-corrected chi connectivity index (χ1v) is 14.5. The average molecular weight is 616 g/mol. The SMILES string of the molecule is CON=C(C(=O)NC1C(=O)N2C(C(=O)OCC=Cc3cccc(OC)c3C)=C(COC(C)=O)CS[C@H]12)c1csc(N)n1. The minimum absolute atomic E-state index is 0.0143. The number of nitrogens with zero attached hydrogens (tertiary/aromatic N) is 3. The van der Waals surface area contributed by atoms with Gasteiger partial charge in [0.15, 0.2) is 10.8 Å². The lowest BCUT2D eigenvalue weighted by Gasteiger charge is -2.49. The lowest BCUT2D eigenvalue weighted by Crippen LogP contribution is -2.71. The van der Waals surface area contributed by atoms with Crippen molar-refractivity contribution in [1.29, 1.82) is 0 Å². The molecule has 2 aliphatic rings. The van der Waals surface area contributed by atoms with Gasteiger partial charge in [-0.25, -0.2) is 9.78 Å². The highest BCUT2D eigenvalue weighted by Crippen LogP contribution is 2.41. The number of amides is 2. The zero-order valence-electron chi connectivity index (χ0n) is 23.2. The fourth-order valence-corrected chi connectivity index (χ4v) is 6.15. The van der Waals surface area contributed by atoms with Crippen LogP contribution in [-0.2, 0) is 33.5 Å². The Morgan fingerprint density at radius 2 is 2.05 bits per heavy atom. The molecule has 0 radical (unpaired) electrons. The summed E-state index contributed by atoms with van der Waals surface area (Å²) in [5.41, 5.74) is 7.95. The number of benzene rings is 1. The van der Waals surface area contributed by atoms with Gasteiger partial charge in [0.25, 0.3) is 11.8 Å². The molecule has 1 saturated heterocycles. The number of nitrogens with one attached hydrogen (secondary N) is 1. The van der Waals surface area contributed by atoms with Crippen LogP contribution in [0.3, 0.4) is 0 Å². The summed E-state index contributed by atoms with van der Waals surface area (Å²) in [5, 5.41) is 7.55. The number of methoxy groups -OCH3 is 1. The molecule has 1 fully saturated rings. The van der Waals surface area contributed by atoms with Gasteiger partial charge in [0.05, 0.1) is 7.11 Å². The quantitative estimate of drug-likeness (QED) is 0.164. The summed E-state index contributed by atoms with van der Waals surface area (Å²) in [5.74, 6) is -1.53. The van der Waals surface area contributed by atoms with Crippen LogP contribution in [0.4, 0.5) is 5.13 Å². The molecule has 1 unspecified atom stereocenters. The highest BCUT2D eigenvalue weighted by Gasteiger charge is 2.54. The third-order valence-corrected chi connectivity index (χ3v) is 8.31. The van der Waals surface area contributed by atoms with Gasteiger partial charge in [0.2, 0.25) is 0 Å². The Hall–Kier alpha value is -4.37. The van der Waals surface area contributed by atoms with Crippen molar-refractivity contribution in [1.82, 2.24) is 15.2 Å². The number of β-lactam (4-membered cyclic amide) rings is 1. The molecular weight excluding hydrogens is 586 g/mol. The van der Waals surface area contributed by atoms with Crippen LogP contribution in [0.2, 0.25) is 0 Å². The summed E-state index contributed by atoms with van der Waals surface area (Å²) in [6.07, 6.45) is 3.47. The number of hydrogen-bond donors (Lipinski definition) is 2. The van der Waals surface area contributed by atoms with E-state index in [-0.39, 0.29) is 41.2 Å². The van der Waals surface area contributed by atoms with E-state index < -0.39 is 35.2 Å². The Morgan fingerprint density at radius 3 is 2.71 bits per heavy atom. The lowest BCUT2D eigenvalue weighted by atomic mass is 10.0. The highest BCUT2D eigenvalue weighted by molar-refractivity contribution is 8.00. The molecular formula is C27H29N5O8S2.